The number of imide groups is 1. The van der Waals surface area contributed by atoms with E-state index in [9.17, 15) is 14.7 Å². The standard InChI is InChI=1S/C24H19N3O3/c28-12-4-3-11-27-16-6-2-1-5-14(16)18-20-19(23(29)26-24(20)30)17-15(22(18)27)8-7-13-9-10-25-21(13)17/h1-2,5-10,25,28H,3-4,11-12H2,(H,26,29,30). The monoisotopic (exact) mass is 397 g/mol. The smallest absolute Gasteiger partial charge is 0.259 e. The van der Waals surface area contributed by atoms with E-state index in [0.717, 1.165) is 56.4 Å². The average molecular weight is 397 g/mol. The van der Waals surface area contributed by atoms with Gasteiger partial charge in [0.15, 0.2) is 0 Å². The van der Waals surface area contributed by atoms with Gasteiger partial charge in [0.2, 0.25) is 0 Å². The van der Waals surface area contributed by atoms with Crippen LogP contribution in [-0.2, 0) is 6.54 Å². The van der Waals surface area contributed by atoms with E-state index in [4.69, 9.17) is 0 Å². The average Bonchev–Trinajstić information content (AvgIpc) is 3.43. The van der Waals surface area contributed by atoms with Crippen LogP contribution in [0.3, 0.4) is 0 Å². The molecule has 3 heterocycles. The first kappa shape index (κ1) is 17.2. The first-order valence-electron chi connectivity index (χ1n) is 10.1. The molecular weight excluding hydrogens is 378 g/mol. The van der Waals surface area contributed by atoms with Crippen molar-refractivity contribution < 1.29 is 14.7 Å². The molecule has 3 aromatic carbocycles. The van der Waals surface area contributed by atoms with Crippen molar-refractivity contribution in [3.8, 4) is 0 Å². The van der Waals surface area contributed by atoms with E-state index in [0.29, 0.717) is 17.5 Å². The van der Waals surface area contributed by atoms with Crippen molar-refractivity contribution in [2.75, 3.05) is 6.61 Å². The van der Waals surface area contributed by atoms with E-state index in [1.165, 1.54) is 0 Å². The van der Waals surface area contributed by atoms with Gasteiger partial charge in [0, 0.05) is 51.8 Å². The fourth-order valence-electron chi connectivity index (χ4n) is 4.97. The third kappa shape index (κ3) is 2.11. The van der Waals surface area contributed by atoms with E-state index in [1.54, 1.807) is 0 Å². The van der Waals surface area contributed by atoms with Gasteiger partial charge in [-0.05, 0) is 25.0 Å². The molecule has 6 heteroatoms. The normalized spacial score (nSPS) is 13.8. The Kier molecular flexibility index (Phi) is 3.55. The molecular formula is C24H19N3O3. The highest BCUT2D eigenvalue weighted by atomic mass is 16.3. The molecule has 2 amide bonds. The summed E-state index contributed by atoms with van der Waals surface area (Å²) in [4.78, 5) is 29.1. The molecule has 0 saturated heterocycles. The minimum Gasteiger partial charge on any atom is -0.396 e. The van der Waals surface area contributed by atoms with Crippen LogP contribution in [0, 0.1) is 0 Å². The highest BCUT2D eigenvalue weighted by Gasteiger charge is 2.35. The maximum Gasteiger partial charge on any atom is 0.259 e. The topological polar surface area (TPSA) is 87.1 Å². The summed E-state index contributed by atoms with van der Waals surface area (Å²) in [5.74, 6) is -0.690. The summed E-state index contributed by atoms with van der Waals surface area (Å²) in [5, 5.41) is 16.3. The lowest BCUT2D eigenvalue weighted by Crippen LogP contribution is -2.20. The van der Waals surface area contributed by atoms with E-state index in [2.05, 4.69) is 14.9 Å². The molecule has 6 rings (SSSR count). The van der Waals surface area contributed by atoms with Gasteiger partial charge in [0.1, 0.15) is 0 Å². The number of fused-ring (bicyclic) bond motifs is 10. The minimum absolute atomic E-state index is 0.146. The molecule has 30 heavy (non-hydrogen) atoms. The van der Waals surface area contributed by atoms with Crippen LogP contribution in [0.15, 0.2) is 48.7 Å². The van der Waals surface area contributed by atoms with Crippen LogP contribution in [0.2, 0.25) is 0 Å². The number of aliphatic hydroxyl groups excluding tert-OH is 1. The van der Waals surface area contributed by atoms with Crippen LogP contribution in [0.25, 0.3) is 43.5 Å². The lowest BCUT2D eigenvalue weighted by Gasteiger charge is -2.12. The minimum atomic E-state index is -0.346. The first-order chi connectivity index (χ1) is 14.7. The predicted molar refractivity (Wildman–Crippen MR) is 117 cm³/mol. The Morgan fingerprint density at radius 1 is 0.867 bits per heavy atom. The van der Waals surface area contributed by atoms with Gasteiger partial charge in [-0.2, -0.15) is 0 Å². The molecule has 1 aliphatic heterocycles. The lowest BCUT2D eigenvalue weighted by molar-refractivity contribution is 0.0880. The number of aromatic amines is 1. The van der Waals surface area contributed by atoms with Crippen LogP contribution < -0.4 is 5.32 Å². The molecule has 1 aliphatic rings. The number of aliphatic hydroxyl groups is 1. The fourth-order valence-corrected chi connectivity index (χ4v) is 4.97. The van der Waals surface area contributed by atoms with Crippen LogP contribution in [0.4, 0.5) is 0 Å². The van der Waals surface area contributed by atoms with Gasteiger partial charge >= 0.3 is 0 Å². The Balaban J connectivity index is 1.89. The van der Waals surface area contributed by atoms with E-state index < -0.39 is 0 Å². The number of nitrogens with zero attached hydrogens (tertiary/aromatic N) is 1. The Bertz CT molecular complexity index is 1520. The second kappa shape index (κ2) is 6.18. The molecule has 0 fully saturated rings. The molecule has 0 bridgehead atoms. The van der Waals surface area contributed by atoms with Crippen molar-refractivity contribution >= 4 is 55.3 Å². The second-order valence-electron chi connectivity index (χ2n) is 7.79. The van der Waals surface area contributed by atoms with Gasteiger partial charge < -0.3 is 14.7 Å². The lowest BCUT2D eigenvalue weighted by atomic mass is 9.93. The summed E-state index contributed by atoms with van der Waals surface area (Å²) in [6.45, 7) is 0.865. The first-order valence-corrected chi connectivity index (χ1v) is 10.1. The van der Waals surface area contributed by atoms with Gasteiger partial charge in [0.25, 0.3) is 11.8 Å². The summed E-state index contributed by atoms with van der Waals surface area (Å²) in [6.07, 6.45) is 3.38. The number of H-pyrrole nitrogens is 1. The number of aromatic nitrogens is 2. The number of nitrogens with one attached hydrogen (secondary N) is 2. The highest BCUT2D eigenvalue weighted by Crippen LogP contribution is 2.43. The van der Waals surface area contributed by atoms with Crippen LogP contribution in [-0.4, -0.2) is 33.1 Å². The zero-order valence-electron chi connectivity index (χ0n) is 16.2. The van der Waals surface area contributed by atoms with Gasteiger partial charge in [0.05, 0.1) is 22.2 Å². The zero-order valence-corrected chi connectivity index (χ0v) is 16.2. The van der Waals surface area contributed by atoms with Crippen molar-refractivity contribution in [3.63, 3.8) is 0 Å². The van der Waals surface area contributed by atoms with Gasteiger partial charge in [-0.15, -0.1) is 0 Å². The van der Waals surface area contributed by atoms with E-state index in [1.807, 2.05) is 48.7 Å². The molecule has 0 atom stereocenters. The molecule has 6 nitrogen and oxygen atoms in total. The largest absolute Gasteiger partial charge is 0.396 e. The van der Waals surface area contributed by atoms with Crippen LogP contribution in [0.5, 0.6) is 0 Å². The molecule has 0 spiro atoms. The quantitative estimate of drug-likeness (QED) is 0.315. The maximum atomic E-state index is 12.9. The second-order valence-corrected chi connectivity index (χ2v) is 7.79. The molecule has 0 saturated carbocycles. The van der Waals surface area contributed by atoms with Crippen LogP contribution >= 0.6 is 0 Å². The Morgan fingerprint density at radius 3 is 2.50 bits per heavy atom. The summed E-state index contributed by atoms with van der Waals surface area (Å²) in [7, 11) is 0. The number of hydrogen-bond donors (Lipinski definition) is 3. The Morgan fingerprint density at radius 2 is 1.67 bits per heavy atom. The maximum absolute atomic E-state index is 12.9. The number of amides is 2. The molecule has 3 N–H and O–H groups in total. The fraction of sp³-hybridized carbons (Fsp3) is 0.167. The van der Waals surface area contributed by atoms with Crippen molar-refractivity contribution in [3.05, 3.63) is 59.8 Å². The number of benzene rings is 3. The van der Waals surface area contributed by atoms with Gasteiger partial charge in [-0.25, -0.2) is 0 Å². The highest BCUT2D eigenvalue weighted by molar-refractivity contribution is 6.39. The molecule has 2 aromatic heterocycles. The zero-order chi connectivity index (χ0) is 20.4. The Hall–Kier alpha value is -3.64. The third-order valence-electron chi connectivity index (χ3n) is 6.18. The van der Waals surface area contributed by atoms with Crippen molar-refractivity contribution in [2.24, 2.45) is 0 Å². The number of aryl methyl sites for hydroxylation is 1. The number of hydrogen-bond acceptors (Lipinski definition) is 3. The molecule has 5 aromatic rings. The predicted octanol–water partition coefficient (Wildman–Crippen LogP) is 4.09. The number of rotatable bonds is 4. The SMILES string of the molecule is O=C1NC(=O)c2c1c1c(ccc3cc[nH]c31)c1c2c2ccccc2n1CCCCO. The van der Waals surface area contributed by atoms with Crippen molar-refractivity contribution in [1.29, 1.82) is 0 Å². The van der Waals surface area contributed by atoms with Crippen molar-refractivity contribution in [1.82, 2.24) is 14.9 Å². The summed E-state index contributed by atoms with van der Waals surface area (Å²) >= 11 is 0. The molecule has 0 aliphatic carbocycles. The summed E-state index contributed by atoms with van der Waals surface area (Å²) in [6, 6.07) is 14.1. The molecule has 0 radical (unpaired) electrons. The Labute approximate surface area is 171 Å². The summed E-state index contributed by atoms with van der Waals surface area (Å²) in [5.41, 5.74) is 3.77. The van der Waals surface area contributed by atoms with E-state index >= 15 is 0 Å². The molecule has 148 valence electrons. The number of para-hydroxylation sites is 1. The number of carbonyl (C=O) groups is 2. The van der Waals surface area contributed by atoms with Crippen molar-refractivity contribution in [2.45, 2.75) is 19.4 Å². The third-order valence-corrected chi connectivity index (χ3v) is 6.18. The number of carbonyl (C=O) groups excluding carboxylic acids is 2. The molecule has 0 unspecified atom stereocenters. The number of unbranched alkanes of at least 4 members (excludes halogenated alkanes) is 1. The summed E-state index contributed by atoms with van der Waals surface area (Å²) < 4.78 is 2.23. The van der Waals surface area contributed by atoms with Gasteiger partial charge in [-0.3, -0.25) is 14.9 Å². The van der Waals surface area contributed by atoms with Gasteiger partial charge in [-0.1, -0.05) is 30.3 Å². The van der Waals surface area contributed by atoms with Crippen LogP contribution in [0.1, 0.15) is 33.6 Å². The van der Waals surface area contributed by atoms with E-state index in [-0.39, 0.29) is 18.4 Å².